The van der Waals surface area contributed by atoms with E-state index in [0.29, 0.717) is 6.04 Å². The van der Waals surface area contributed by atoms with Gasteiger partial charge in [-0.3, -0.25) is 0 Å². The highest BCUT2D eigenvalue weighted by Gasteiger charge is 2.30. The first-order valence-electron chi connectivity index (χ1n) is 7.12. The molecule has 2 nitrogen and oxygen atoms in total. The zero-order valence-electron chi connectivity index (χ0n) is 11.7. The second-order valence-electron chi connectivity index (χ2n) is 5.16. The third-order valence-corrected chi connectivity index (χ3v) is 6.98. The maximum absolute atomic E-state index is 6.23. The summed E-state index contributed by atoms with van der Waals surface area (Å²) in [7, 11) is 0. The molecular formula is C16H17Br2NOS. The molecular weight excluding hydrogens is 414 g/mol. The van der Waals surface area contributed by atoms with Crippen LogP contribution in [0.3, 0.4) is 0 Å². The Kier molecular flexibility index (Phi) is 5.04. The van der Waals surface area contributed by atoms with E-state index >= 15 is 0 Å². The van der Waals surface area contributed by atoms with E-state index in [2.05, 4.69) is 68.4 Å². The Morgan fingerprint density at radius 3 is 2.86 bits per heavy atom. The molecule has 2 unspecified atom stereocenters. The molecule has 5 heteroatoms. The second-order valence-corrected chi connectivity index (χ2v) is 8.41. The number of fused-ring (bicyclic) bond motifs is 1. The largest absolute Gasteiger partial charge is 0.484 e. The summed E-state index contributed by atoms with van der Waals surface area (Å²) in [6, 6.07) is 10.9. The Morgan fingerprint density at radius 1 is 1.33 bits per heavy atom. The normalized spacial score (nSPS) is 20.9. The maximum Gasteiger partial charge on any atom is 0.135 e. The van der Waals surface area contributed by atoms with Crippen LogP contribution in [-0.4, -0.2) is 6.54 Å². The van der Waals surface area contributed by atoms with E-state index in [4.69, 9.17) is 4.74 Å². The van der Waals surface area contributed by atoms with Crippen molar-refractivity contribution in [3.63, 3.8) is 0 Å². The van der Waals surface area contributed by atoms with Crippen molar-refractivity contribution in [3.8, 4) is 5.75 Å². The van der Waals surface area contributed by atoms with E-state index < -0.39 is 0 Å². The lowest BCUT2D eigenvalue weighted by atomic mass is 9.95. The van der Waals surface area contributed by atoms with E-state index in [0.717, 1.165) is 33.4 Å². The first kappa shape index (κ1) is 15.5. The third kappa shape index (κ3) is 3.36. The molecule has 0 spiro atoms. The van der Waals surface area contributed by atoms with Gasteiger partial charge in [0, 0.05) is 27.4 Å². The molecule has 2 heterocycles. The summed E-state index contributed by atoms with van der Waals surface area (Å²) >= 11 is 8.87. The summed E-state index contributed by atoms with van der Waals surface area (Å²) in [6.07, 6.45) is 2.22. The molecule has 1 aliphatic rings. The van der Waals surface area contributed by atoms with Crippen molar-refractivity contribution < 1.29 is 4.74 Å². The number of thiophene rings is 1. The van der Waals surface area contributed by atoms with Crippen molar-refractivity contribution in [1.82, 2.24) is 5.32 Å². The molecule has 1 aliphatic heterocycles. The van der Waals surface area contributed by atoms with E-state index in [9.17, 15) is 0 Å². The number of hydrogen-bond acceptors (Lipinski definition) is 3. The molecule has 0 aliphatic carbocycles. The molecule has 0 bridgehead atoms. The smallest absolute Gasteiger partial charge is 0.135 e. The fourth-order valence-electron chi connectivity index (χ4n) is 2.63. The van der Waals surface area contributed by atoms with Gasteiger partial charge in [-0.1, -0.05) is 25.1 Å². The van der Waals surface area contributed by atoms with Gasteiger partial charge in [0.05, 0.1) is 3.79 Å². The predicted molar refractivity (Wildman–Crippen MR) is 95.2 cm³/mol. The standard InChI is InChI=1S/C16H17Br2NOS/c1-2-7-19-12-9-14(15-8-11(17)16(18)21-15)20-13-6-4-3-5-10(12)13/h3-6,8,12,14,19H,2,7,9H2,1H3. The minimum atomic E-state index is 0.113. The lowest BCUT2D eigenvalue weighted by Crippen LogP contribution is -2.29. The first-order valence-corrected chi connectivity index (χ1v) is 9.53. The molecule has 0 amide bonds. The number of rotatable bonds is 4. The third-order valence-electron chi connectivity index (χ3n) is 3.64. The topological polar surface area (TPSA) is 21.3 Å². The van der Waals surface area contributed by atoms with Crippen molar-refractivity contribution in [3.05, 3.63) is 49.0 Å². The Bertz CT molecular complexity index is 609. The van der Waals surface area contributed by atoms with Crippen molar-refractivity contribution in [2.75, 3.05) is 6.54 Å². The highest BCUT2D eigenvalue weighted by Crippen LogP contribution is 2.44. The predicted octanol–water partition coefficient (Wildman–Crippen LogP) is 5.84. The second kappa shape index (κ2) is 6.82. The van der Waals surface area contributed by atoms with Gasteiger partial charge < -0.3 is 10.1 Å². The van der Waals surface area contributed by atoms with Crippen LogP contribution in [0.25, 0.3) is 0 Å². The number of nitrogens with one attached hydrogen (secondary N) is 1. The van der Waals surface area contributed by atoms with Crippen LogP contribution < -0.4 is 10.1 Å². The van der Waals surface area contributed by atoms with E-state index in [1.807, 2.05) is 6.07 Å². The molecule has 0 radical (unpaired) electrons. The molecule has 0 saturated heterocycles. The zero-order valence-corrected chi connectivity index (χ0v) is 15.7. The molecule has 1 aromatic carbocycles. The van der Waals surface area contributed by atoms with Crippen molar-refractivity contribution >= 4 is 43.2 Å². The molecule has 21 heavy (non-hydrogen) atoms. The number of para-hydroxylation sites is 1. The maximum atomic E-state index is 6.23. The molecule has 1 aromatic heterocycles. The van der Waals surface area contributed by atoms with Gasteiger partial charge in [-0.25, -0.2) is 0 Å². The van der Waals surface area contributed by atoms with Gasteiger partial charge in [0.2, 0.25) is 0 Å². The summed E-state index contributed by atoms with van der Waals surface area (Å²) in [5, 5.41) is 3.65. The highest BCUT2D eigenvalue weighted by atomic mass is 79.9. The fourth-order valence-corrected chi connectivity index (χ4v) is 4.76. The van der Waals surface area contributed by atoms with E-state index in [1.54, 1.807) is 11.3 Å². The number of benzene rings is 1. The van der Waals surface area contributed by atoms with Gasteiger partial charge in [0.1, 0.15) is 11.9 Å². The minimum absolute atomic E-state index is 0.113. The lowest BCUT2D eigenvalue weighted by molar-refractivity contribution is 0.155. The average Bonchev–Trinajstić information content (AvgIpc) is 2.84. The number of halogens is 2. The fraction of sp³-hybridized carbons (Fsp3) is 0.375. The van der Waals surface area contributed by atoms with Crippen molar-refractivity contribution in [2.24, 2.45) is 0 Å². The van der Waals surface area contributed by atoms with Crippen LogP contribution in [0.5, 0.6) is 5.75 Å². The zero-order chi connectivity index (χ0) is 14.8. The van der Waals surface area contributed by atoms with Crippen molar-refractivity contribution in [1.29, 1.82) is 0 Å². The molecule has 0 saturated carbocycles. The average molecular weight is 431 g/mol. The summed E-state index contributed by atoms with van der Waals surface area (Å²) in [5.41, 5.74) is 1.27. The monoisotopic (exact) mass is 429 g/mol. The molecule has 0 fully saturated rings. The summed E-state index contributed by atoms with van der Waals surface area (Å²) in [5.74, 6) is 1.00. The Hall–Kier alpha value is -0.360. The summed E-state index contributed by atoms with van der Waals surface area (Å²) in [6.45, 7) is 3.23. The number of hydrogen-bond donors (Lipinski definition) is 1. The Morgan fingerprint density at radius 2 is 2.14 bits per heavy atom. The summed E-state index contributed by atoms with van der Waals surface area (Å²) in [4.78, 5) is 1.26. The van der Waals surface area contributed by atoms with Gasteiger partial charge >= 0.3 is 0 Å². The van der Waals surface area contributed by atoms with Gasteiger partial charge in [0.25, 0.3) is 0 Å². The quantitative estimate of drug-likeness (QED) is 0.657. The van der Waals surface area contributed by atoms with Crippen LogP contribution in [-0.2, 0) is 0 Å². The SMILES string of the molecule is CCCNC1CC(c2cc(Br)c(Br)s2)Oc2ccccc21. The van der Waals surface area contributed by atoms with Crippen LogP contribution in [0, 0.1) is 0 Å². The van der Waals surface area contributed by atoms with Gasteiger partial charge in [0.15, 0.2) is 0 Å². The van der Waals surface area contributed by atoms with Gasteiger partial charge in [-0.15, -0.1) is 11.3 Å². The first-order chi connectivity index (χ1) is 10.2. The molecule has 112 valence electrons. The number of ether oxygens (including phenoxy) is 1. The van der Waals surface area contributed by atoms with Crippen LogP contribution in [0.15, 0.2) is 38.6 Å². The van der Waals surface area contributed by atoms with Crippen LogP contribution in [0.1, 0.15) is 42.4 Å². The molecule has 2 aromatic rings. The minimum Gasteiger partial charge on any atom is -0.484 e. The van der Waals surface area contributed by atoms with Crippen LogP contribution >= 0.6 is 43.2 Å². The molecule has 3 rings (SSSR count). The Balaban J connectivity index is 1.89. The van der Waals surface area contributed by atoms with E-state index in [1.165, 1.54) is 10.4 Å². The lowest BCUT2D eigenvalue weighted by Gasteiger charge is -2.32. The molecule has 2 atom stereocenters. The molecule has 1 N–H and O–H groups in total. The van der Waals surface area contributed by atoms with Gasteiger partial charge in [-0.05, 0) is 57.0 Å². The van der Waals surface area contributed by atoms with Crippen LogP contribution in [0.2, 0.25) is 0 Å². The van der Waals surface area contributed by atoms with Crippen molar-refractivity contribution in [2.45, 2.75) is 31.9 Å². The summed E-state index contributed by atoms with van der Waals surface area (Å²) < 4.78 is 8.45. The van der Waals surface area contributed by atoms with Gasteiger partial charge in [-0.2, -0.15) is 0 Å². The van der Waals surface area contributed by atoms with Crippen LogP contribution in [0.4, 0.5) is 0 Å². The van der Waals surface area contributed by atoms with E-state index in [-0.39, 0.29) is 6.10 Å². The highest BCUT2D eigenvalue weighted by molar-refractivity contribution is 9.13. The Labute approximate surface area is 146 Å².